The van der Waals surface area contributed by atoms with Gasteiger partial charge in [-0.05, 0) is 24.6 Å². The summed E-state index contributed by atoms with van der Waals surface area (Å²) in [5, 5.41) is 0.916. The summed E-state index contributed by atoms with van der Waals surface area (Å²) in [6.45, 7) is 0.676. The predicted octanol–water partition coefficient (Wildman–Crippen LogP) is 2.06. The Hall–Kier alpha value is -1.26. The molecule has 2 aromatic rings. The van der Waals surface area contributed by atoms with Gasteiger partial charge in [-0.2, -0.15) is 0 Å². The van der Waals surface area contributed by atoms with E-state index in [1.54, 1.807) is 18.0 Å². The van der Waals surface area contributed by atoms with Crippen molar-refractivity contribution in [3.05, 3.63) is 42.2 Å². The Morgan fingerprint density at radius 1 is 1.33 bits per heavy atom. The maximum atomic E-state index is 5.57. The molecule has 0 saturated heterocycles. The van der Waals surface area contributed by atoms with Crippen LogP contribution in [0.3, 0.4) is 0 Å². The van der Waals surface area contributed by atoms with Crippen LogP contribution in [-0.2, 0) is 6.42 Å². The molecule has 0 saturated carbocycles. The number of imidazole rings is 1. The third kappa shape index (κ3) is 2.61. The monoisotopic (exact) mass is 219 g/mol. The molecule has 0 aliphatic rings. The van der Waals surface area contributed by atoms with E-state index in [0.29, 0.717) is 6.54 Å². The molecule has 3 nitrogen and oxygen atoms in total. The lowest BCUT2D eigenvalue weighted by Crippen LogP contribution is -2.03. The standard InChI is InChI=1S/C11H13N3S/c12-6-5-9-3-1-2-4-10(9)15-11-13-7-8-14-11/h1-4,7-8H,5-6,12H2,(H,13,14). The van der Waals surface area contributed by atoms with Gasteiger partial charge in [-0.25, -0.2) is 4.98 Å². The van der Waals surface area contributed by atoms with Crippen LogP contribution in [-0.4, -0.2) is 16.5 Å². The minimum Gasteiger partial charge on any atom is -0.339 e. The fraction of sp³-hybridized carbons (Fsp3) is 0.182. The van der Waals surface area contributed by atoms with E-state index in [9.17, 15) is 0 Å². The normalized spacial score (nSPS) is 10.5. The molecule has 0 bridgehead atoms. The molecular formula is C11H13N3S. The number of hydrogen-bond donors (Lipinski definition) is 2. The Balaban J connectivity index is 2.20. The fourth-order valence-electron chi connectivity index (χ4n) is 1.38. The Morgan fingerprint density at radius 3 is 2.93 bits per heavy atom. The Labute approximate surface area is 93.1 Å². The first-order chi connectivity index (χ1) is 7.40. The number of benzene rings is 1. The summed E-state index contributed by atoms with van der Waals surface area (Å²) in [5.41, 5.74) is 6.85. The maximum absolute atomic E-state index is 5.57. The number of nitrogens with zero attached hydrogens (tertiary/aromatic N) is 1. The Morgan fingerprint density at radius 2 is 2.20 bits per heavy atom. The summed E-state index contributed by atoms with van der Waals surface area (Å²) < 4.78 is 0. The summed E-state index contributed by atoms with van der Waals surface area (Å²) in [7, 11) is 0. The van der Waals surface area contributed by atoms with Gasteiger partial charge in [0.1, 0.15) is 0 Å². The molecule has 1 aromatic carbocycles. The predicted molar refractivity (Wildman–Crippen MR) is 61.9 cm³/mol. The van der Waals surface area contributed by atoms with Crippen LogP contribution in [0.2, 0.25) is 0 Å². The highest BCUT2D eigenvalue weighted by atomic mass is 32.2. The van der Waals surface area contributed by atoms with E-state index >= 15 is 0 Å². The van der Waals surface area contributed by atoms with Gasteiger partial charge < -0.3 is 10.7 Å². The number of rotatable bonds is 4. The summed E-state index contributed by atoms with van der Waals surface area (Å²) in [6, 6.07) is 8.28. The molecule has 0 aliphatic heterocycles. The van der Waals surface area contributed by atoms with E-state index < -0.39 is 0 Å². The van der Waals surface area contributed by atoms with Gasteiger partial charge in [-0.15, -0.1) is 0 Å². The van der Waals surface area contributed by atoms with Crippen molar-refractivity contribution in [1.82, 2.24) is 9.97 Å². The van der Waals surface area contributed by atoms with Crippen molar-refractivity contribution >= 4 is 11.8 Å². The molecule has 0 unspecified atom stereocenters. The number of H-pyrrole nitrogens is 1. The van der Waals surface area contributed by atoms with Crippen molar-refractivity contribution in [1.29, 1.82) is 0 Å². The highest BCUT2D eigenvalue weighted by Crippen LogP contribution is 2.27. The van der Waals surface area contributed by atoms with Gasteiger partial charge >= 0.3 is 0 Å². The first-order valence-corrected chi connectivity index (χ1v) is 5.67. The van der Waals surface area contributed by atoms with Gasteiger partial charge in [-0.3, -0.25) is 0 Å². The highest BCUT2D eigenvalue weighted by molar-refractivity contribution is 7.99. The molecule has 3 N–H and O–H groups in total. The lowest BCUT2D eigenvalue weighted by atomic mass is 10.1. The van der Waals surface area contributed by atoms with Crippen molar-refractivity contribution < 1.29 is 0 Å². The third-order valence-corrected chi connectivity index (χ3v) is 3.10. The highest BCUT2D eigenvalue weighted by Gasteiger charge is 2.04. The number of nitrogens with two attached hydrogens (primary N) is 1. The number of nitrogens with one attached hydrogen (secondary N) is 1. The molecule has 1 heterocycles. The summed E-state index contributed by atoms with van der Waals surface area (Å²) in [6.07, 6.45) is 4.49. The molecule has 15 heavy (non-hydrogen) atoms. The Bertz CT molecular complexity index is 412. The molecular weight excluding hydrogens is 206 g/mol. The van der Waals surface area contributed by atoms with Gasteiger partial charge in [0.05, 0.1) is 0 Å². The van der Waals surface area contributed by atoms with E-state index in [1.165, 1.54) is 10.5 Å². The first-order valence-electron chi connectivity index (χ1n) is 4.85. The molecule has 78 valence electrons. The van der Waals surface area contributed by atoms with Gasteiger partial charge in [-0.1, -0.05) is 30.0 Å². The minimum atomic E-state index is 0.676. The second-order valence-corrected chi connectivity index (χ2v) is 4.17. The van der Waals surface area contributed by atoms with Crippen molar-refractivity contribution in [3.63, 3.8) is 0 Å². The molecule has 1 aromatic heterocycles. The van der Waals surface area contributed by atoms with E-state index in [1.807, 2.05) is 18.3 Å². The lowest BCUT2D eigenvalue weighted by molar-refractivity contribution is 0.942. The van der Waals surface area contributed by atoms with Crippen LogP contribution in [0.1, 0.15) is 5.56 Å². The van der Waals surface area contributed by atoms with Crippen molar-refractivity contribution in [2.75, 3.05) is 6.54 Å². The largest absolute Gasteiger partial charge is 0.339 e. The van der Waals surface area contributed by atoms with E-state index in [0.717, 1.165) is 11.6 Å². The molecule has 0 aliphatic carbocycles. The zero-order chi connectivity index (χ0) is 10.5. The molecule has 0 atom stereocenters. The number of hydrogen-bond acceptors (Lipinski definition) is 3. The smallest absolute Gasteiger partial charge is 0.170 e. The summed E-state index contributed by atoms with van der Waals surface area (Å²) in [4.78, 5) is 8.48. The van der Waals surface area contributed by atoms with E-state index in [-0.39, 0.29) is 0 Å². The average molecular weight is 219 g/mol. The Kier molecular flexibility index (Phi) is 3.42. The van der Waals surface area contributed by atoms with Crippen molar-refractivity contribution in [2.45, 2.75) is 16.5 Å². The van der Waals surface area contributed by atoms with Crippen molar-refractivity contribution in [2.24, 2.45) is 5.73 Å². The van der Waals surface area contributed by atoms with E-state index in [4.69, 9.17) is 5.73 Å². The van der Waals surface area contributed by atoms with Crippen LogP contribution in [0.5, 0.6) is 0 Å². The van der Waals surface area contributed by atoms with Gasteiger partial charge in [0.2, 0.25) is 0 Å². The van der Waals surface area contributed by atoms with Crippen LogP contribution in [0, 0.1) is 0 Å². The second kappa shape index (κ2) is 5.00. The van der Waals surface area contributed by atoms with Crippen LogP contribution in [0.25, 0.3) is 0 Å². The van der Waals surface area contributed by atoms with Crippen LogP contribution >= 0.6 is 11.8 Å². The minimum absolute atomic E-state index is 0.676. The molecule has 2 rings (SSSR count). The fourth-order valence-corrected chi connectivity index (χ4v) is 2.27. The topological polar surface area (TPSA) is 54.7 Å². The molecule has 0 amide bonds. The molecule has 0 fully saturated rings. The van der Waals surface area contributed by atoms with E-state index in [2.05, 4.69) is 22.1 Å². The second-order valence-electron chi connectivity index (χ2n) is 3.14. The number of aromatic amines is 1. The summed E-state index contributed by atoms with van der Waals surface area (Å²) in [5.74, 6) is 0. The average Bonchev–Trinajstić information content (AvgIpc) is 2.74. The molecule has 0 spiro atoms. The van der Waals surface area contributed by atoms with Crippen LogP contribution < -0.4 is 5.73 Å². The quantitative estimate of drug-likeness (QED) is 0.827. The SMILES string of the molecule is NCCc1ccccc1Sc1ncc[nH]1. The van der Waals surface area contributed by atoms with Gasteiger partial charge in [0, 0.05) is 17.3 Å². The third-order valence-electron chi connectivity index (χ3n) is 2.07. The number of aromatic nitrogens is 2. The lowest BCUT2D eigenvalue weighted by Gasteiger charge is -2.05. The van der Waals surface area contributed by atoms with Crippen molar-refractivity contribution in [3.8, 4) is 0 Å². The maximum Gasteiger partial charge on any atom is 0.170 e. The van der Waals surface area contributed by atoms with Gasteiger partial charge in [0.15, 0.2) is 5.16 Å². The van der Waals surface area contributed by atoms with Gasteiger partial charge in [0.25, 0.3) is 0 Å². The summed E-state index contributed by atoms with van der Waals surface area (Å²) >= 11 is 1.64. The zero-order valence-corrected chi connectivity index (χ0v) is 9.13. The molecule has 0 radical (unpaired) electrons. The zero-order valence-electron chi connectivity index (χ0n) is 8.31. The first kappa shape index (κ1) is 10.3. The van der Waals surface area contributed by atoms with Crippen LogP contribution in [0.15, 0.2) is 46.7 Å². The molecule has 4 heteroatoms. The van der Waals surface area contributed by atoms with Crippen LogP contribution in [0.4, 0.5) is 0 Å².